The molecule has 0 spiro atoms. The standard InChI is InChI=1S/C12H24N2O2/c1-4-11(15)10-7-5-6-8-14(10)9-12(16)13(2)3/h10-11,15H,4-9H2,1-3H3/t10-,11-/m1/s1. The minimum absolute atomic E-state index is 0.121. The third-order valence-corrected chi connectivity index (χ3v) is 3.36. The maximum atomic E-state index is 11.7. The van der Waals surface area contributed by atoms with Crippen LogP contribution in [0.25, 0.3) is 0 Å². The molecule has 1 saturated heterocycles. The topological polar surface area (TPSA) is 43.8 Å². The van der Waals surface area contributed by atoms with Gasteiger partial charge < -0.3 is 10.0 Å². The van der Waals surface area contributed by atoms with E-state index in [1.165, 1.54) is 0 Å². The molecule has 4 nitrogen and oxygen atoms in total. The van der Waals surface area contributed by atoms with Crippen molar-refractivity contribution in [2.24, 2.45) is 0 Å². The molecule has 2 atom stereocenters. The number of aliphatic hydroxyl groups is 1. The molecule has 1 rings (SSSR count). The fourth-order valence-electron chi connectivity index (χ4n) is 2.24. The van der Waals surface area contributed by atoms with Crippen molar-refractivity contribution in [3.05, 3.63) is 0 Å². The summed E-state index contributed by atoms with van der Waals surface area (Å²) in [6.45, 7) is 3.36. The SMILES string of the molecule is CC[C@@H](O)[C@H]1CCCCN1CC(=O)N(C)C. The Labute approximate surface area is 98.2 Å². The zero-order valence-electron chi connectivity index (χ0n) is 10.6. The first-order valence-electron chi connectivity index (χ1n) is 6.18. The number of hydrogen-bond donors (Lipinski definition) is 1. The summed E-state index contributed by atoms with van der Waals surface area (Å²) in [5.41, 5.74) is 0. The van der Waals surface area contributed by atoms with Crippen molar-refractivity contribution in [3.63, 3.8) is 0 Å². The second-order valence-corrected chi connectivity index (χ2v) is 4.80. The van der Waals surface area contributed by atoms with Gasteiger partial charge in [-0.05, 0) is 25.8 Å². The second kappa shape index (κ2) is 6.21. The van der Waals surface area contributed by atoms with Crippen LogP contribution in [-0.2, 0) is 4.79 Å². The van der Waals surface area contributed by atoms with Crippen LogP contribution in [0.15, 0.2) is 0 Å². The van der Waals surface area contributed by atoms with E-state index >= 15 is 0 Å². The summed E-state index contributed by atoms with van der Waals surface area (Å²) >= 11 is 0. The number of piperidine rings is 1. The minimum Gasteiger partial charge on any atom is -0.392 e. The summed E-state index contributed by atoms with van der Waals surface area (Å²) in [5.74, 6) is 0.121. The van der Waals surface area contributed by atoms with Crippen LogP contribution in [0.3, 0.4) is 0 Å². The molecule has 0 bridgehead atoms. The average Bonchev–Trinajstić information content (AvgIpc) is 2.28. The van der Waals surface area contributed by atoms with Crippen LogP contribution in [0.4, 0.5) is 0 Å². The number of carbonyl (C=O) groups excluding carboxylic acids is 1. The molecule has 1 N–H and O–H groups in total. The van der Waals surface area contributed by atoms with Gasteiger partial charge in [0.1, 0.15) is 0 Å². The number of likely N-dealkylation sites (N-methyl/N-ethyl adjacent to an activating group) is 1. The molecular formula is C12H24N2O2. The van der Waals surface area contributed by atoms with Gasteiger partial charge in [-0.25, -0.2) is 0 Å². The van der Waals surface area contributed by atoms with E-state index < -0.39 is 0 Å². The summed E-state index contributed by atoms with van der Waals surface area (Å²) in [7, 11) is 3.55. The van der Waals surface area contributed by atoms with Crippen LogP contribution in [0.1, 0.15) is 32.6 Å². The lowest BCUT2D eigenvalue weighted by molar-refractivity contribution is -0.131. The fourth-order valence-corrected chi connectivity index (χ4v) is 2.24. The Kier molecular flexibility index (Phi) is 5.22. The van der Waals surface area contributed by atoms with Crippen LogP contribution in [0.5, 0.6) is 0 Å². The van der Waals surface area contributed by atoms with Gasteiger partial charge in [-0.2, -0.15) is 0 Å². The maximum Gasteiger partial charge on any atom is 0.236 e. The predicted octanol–water partition coefficient (Wildman–Crippen LogP) is 0.700. The zero-order chi connectivity index (χ0) is 12.1. The summed E-state index contributed by atoms with van der Waals surface area (Å²) in [4.78, 5) is 15.4. The van der Waals surface area contributed by atoms with Crippen molar-refractivity contribution in [2.45, 2.75) is 44.8 Å². The lowest BCUT2D eigenvalue weighted by atomic mass is 9.96. The predicted molar refractivity (Wildman–Crippen MR) is 64.2 cm³/mol. The highest BCUT2D eigenvalue weighted by molar-refractivity contribution is 5.77. The molecule has 4 heteroatoms. The second-order valence-electron chi connectivity index (χ2n) is 4.80. The molecule has 1 heterocycles. The van der Waals surface area contributed by atoms with E-state index in [9.17, 15) is 9.90 Å². The van der Waals surface area contributed by atoms with E-state index in [0.717, 1.165) is 32.2 Å². The van der Waals surface area contributed by atoms with E-state index in [2.05, 4.69) is 4.90 Å². The molecule has 0 aromatic heterocycles. The van der Waals surface area contributed by atoms with Gasteiger partial charge in [-0.1, -0.05) is 13.3 Å². The van der Waals surface area contributed by atoms with Gasteiger partial charge in [0.15, 0.2) is 0 Å². The highest BCUT2D eigenvalue weighted by atomic mass is 16.3. The van der Waals surface area contributed by atoms with Gasteiger partial charge in [-0.3, -0.25) is 9.69 Å². The van der Waals surface area contributed by atoms with Gasteiger partial charge in [0, 0.05) is 20.1 Å². The first-order valence-corrected chi connectivity index (χ1v) is 6.18. The molecule has 1 aliphatic heterocycles. The van der Waals surface area contributed by atoms with Gasteiger partial charge in [0.05, 0.1) is 12.6 Å². The van der Waals surface area contributed by atoms with Crippen LogP contribution in [-0.4, -0.2) is 60.1 Å². The van der Waals surface area contributed by atoms with Crippen molar-refractivity contribution in [1.29, 1.82) is 0 Å². The molecule has 0 aromatic carbocycles. The first-order chi connectivity index (χ1) is 7.56. The number of likely N-dealkylation sites (tertiary alicyclic amines) is 1. The molecule has 0 aliphatic carbocycles. The monoisotopic (exact) mass is 228 g/mol. The molecule has 1 aliphatic rings. The molecule has 1 amide bonds. The van der Waals surface area contributed by atoms with E-state index in [-0.39, 0.29) is 18.1 Å². The number of aliphatic hydroxyl groups excluding tert-OH is 1. The van der Waals surface area contributed by atoms with E-state index in [4.69, 9.17) is 0 Å². The number of hydrogen-bond acceptors (Lipinski definition) is 3. The Morgan fingerprint density at radius 3 is 2.75 bits per heavy atom. The van der Waals surface area contributed by atoms with Crippen molar-refractivity contribution in [2.75, 3.05) is 27.2 Å². The fraction of sp³-hybridized carbons (Fsp3) is 0.917. The molecular weight excluding hydrogens is 204 g/mol. The molecule has 0 saturated carbocycles. The third-order valence-electron chi connectivity index (χ3n) is 3.36. The van der Waals surface area contributed by atoms with Crippen molar-refractivity contribution < 1.29 is 9.90 Å². The largest absolute Gasteiger partial charge is 0.392 e. The average molecular weight is 228 g/mol. The Bertz CT molecular complexity index is 231. The van der Waals surface area contributed by atoms with Crippen LogP contribution in [0, 0.1) is 0 Å². The summed E-state index contributed by atoms with van der Waals surface area (Å²) < 4.78 is 0. The smallest absolute Gasteiger partial charge is 0.236 e. The summed E-state index contributed by atoms with van der Waals surface area (Å²) in [6.07, 6.45) is 3.77. The number of carbonyl (C=O) groups is 1. The number of nitrogens with zero attached hydrogens (tertiary/aromatic N) is 2. The van der Waals surface area contributed by atoms with E-state index in [1.54, 1.807) is 19.0 Å². The molecule has 16 heavy (non-hydrogen) atoms. The van der Waals surface area contributed by atoms with Gasteiger partial charge in [0.2, 0.25) is 5.91 Å². The number of amides is 1. The van der Waals surface area contributed by atoms with Crippen LogP contribution >= 0.6 is 0 Å². The maximum absolute atomic E-state index is 11.7. The Morgan fingerprint density at radius 2 is 2.19 bits per heavy atom. The van der Waals surface area contributed by atoms with Crippen LogP contribution in [0.2, 0.25) is 0 Å². The van der Waals surface area contributed by atoms with Crippen molar-refractivity contribution in [3.8, 4) is 0 Å². The Hall–Kier alpha value is -0.610. The molecule has 1 fully saturated rings. The highest BCUT2D eigenvalue weighted by Gasteiger charge is 2.29. The first kappa shape index (κ1) is 13.5. The Morgan fingerprint density at radius 1 is 1.50 bits per heavy atom. The van der Waals surface area contributed by atoms with Crippen LogP contribution < -0.4 is 0 Å². The van der Waals surface area contributed by atoms with Gasteiger partial charge in [0.25, 0.3) is 0 Å². The number of rotatable bonds is 4. The zero-order valence-corrected chi connectivity index (χ0v) is 10.6. The lowest BCUT2D eigenvalue weighted by Gasteiger charge is -2.38. The minimum atomic E-state index is -0.296. The molecule has 0 radical (unpaired) electrons. The van der Waals surface area contributed by atoms with Gasteiger partial charge >= 0.3 is 0 Å². The molecule has 0 unspecified atom stereocenters. The van der Waals surface area contributed by atoms with Crippen molar-refractivity contribution >= 4 is 5.91 Å². The highest BCUT2D eigenvalue weighted by Crippen LogP contribution is 2.21. The van der Waals surface area contributed by atoms with E-state index in [0.29, 0.717) is 6.54 Å². The van der Waals surface area contributed by atoms with Gasteiger partial charge in [-0.15, -0.1) is 0 Å². The normalized spacial score (nSPS) is 24.1. The summed E-state index contributed by atoms with van der Waals surface area (Å²) in [5, 5.41) is 9.94. The molecule has 94 valence electrons. The Balaban J connectivity index is 2.56. The lowest BCUT2D eigenvalue weighted by Crippen LogP contribution is -2.50. The molecule has 0 aromatic rings. The third kappa shape index (κ3) is 3.46. The van der Waals surface area contributed by atoms with E-state index in [1.807, 2.05) is 6.92 Å². The summed E-state index contributed by atoms with van der Waals surface area (Å²) in [6, 6.07) is 0.169. The quantitative estimate of drug-likeness (QED) is 0.770. The van der Waals surface area contributed by atoms with Crippen molar-refractivity contribution in [1.82, 2.24) is 9.80 Å².